The molecule has 3 aromatic rings. The zero-order valence-corrected chi connectivity index (χ0v) is 9.42. The second kappa shape index (κ2) is 3.66. The number of nitrogens with zero attached hydrogens (tertiary/aromatic N) is 3. The molecule has 3 rings (SSSR count). The van der Waals surface area contributed by atoms with Gasteiger partial charge in [-0.3, -0.25) is 4.79 Å². The maximum absolute atomic E-state index is 11.7. The molecule has 0 saturated carbocycles. The molecule has 4 nitrogen and oxygen atoms in total. The second-order valence-electron chi connectivity index (χ2n) is 3.89. The van der Waals surface area contributed by atoms with Gasteiger partial charge in [0.15, 0.2) is 0 Å². The van der Waals surface area contributed by atoms with E-state index >= 15 is 0 Å². The van der Waals surface area contributed by atoms with Crippen LogP contribution in [0.5, 0.6) is 0 Å². The monoisotopic (exact) mass is 225 g/mol. The number of aryl methyl sites for hydroxylation is 1. The number of rotatable bonds is 1. The molecule has 0 saturated heterocycles. The minimum atomic E-state index is -0.219. The number of aromatic nitrogens is 3. The summed E-state index contributed by atoms with van der Waals surface area (Å²) in [5.74, 6) is 0. The molecule has 0 unspecified atom stereocenters. The molecule has 17 heavy (non-hydrogen) atoms. The molecule has 0 N–H and O–H groups in total. The van der Waals surface area contributed by atoms with E-state index in [1.165, 1.54) is 0 Å². The van der Waals surface area contributed by atoms with Crippen molar-refractivity contribution in [2.24, 2.45) is 0 Å². The first-order chi connectivity index (χ1) is 8.29. The molecule has 0 aliphatic carbocycles. The van der Waals surface area contributed by atoms with Crippen molar-refractivity contribution in [3.63, 3.8) is 0 Å². The molecule has 84 valence electrons. The lowest BCUT2D eigenvalue weighted by atomic mass is 10.2. The summed E-state index contributed by atoms with van der Waals surface area (Å²) >= 11 is 0. The van der Waals surface area contributed by atoms with Gasteiger partial charge in [-0.25, -0.2) is 4.98 Å². The third kappa shape index (κ3) is 1.49. The largest absolute Gasteiger partial charge is 0.317 e. The first-order valence-electron chi connectivity index (χ1n) is 5.54. The molecule has 0 atom stereocenters. The van der Waals surface area contributed by atoms with Crippen LogP contribution in [-0.4, -0.2) is 14.5 Å². The van der Waals surface area contributed by atoms with Crippen LogP contribution in [-0.2, 0) is 6.54 Å². The van der Waals surface area contributed by atoms with Crippen molar-refractivity contribution in [3.8, 4) is 0 Å². The molecule has 2 heterocycles. The Hall–Kier alpha value is -2.23. The minimum Gasteiger partial charge on any atom is -0.317 e. The Morgan fingerprint density at radius 2 is 2.12 bits per heavy atom. The fourth-order valence-electron chi connectivity index (χ4n) is 1.96. The van der Waals surface area contributed by atoms with E-state index in [2.05, 4.69) is 9.97 Å². The molecule has 0 aliphatic heterocycles. The van der Waals surface area contributed by atoms with E-state index in [1.807, 2.05) is 41.8 Å². The molecule has 0 amide bonds. The third-order valence-electron chi connectivity index (χ3n) is 2.86. The van der Waals surface area contributed by atoms with Gasteiger partial charge in [0.2, 0.25) is 0 Å². The van der Waals surface area contributed by atoms with E-state index in [1.54, 1.807) is 6.33 Å². The van der Waals surface area contributed by atoms with Crippen molar-refractivity contribution < 1.29 is 0 Å². The Labute approximate surface area is 97.6 Å². The topological polar surface area (TPSA) is 47.8 Å². The summed E-state index contributed by atoms with van der Waals surface area (Å²) in [5, 5.41) is 1.54. The van der Waals surface area contributed by atoms with Gasteiger partial charge in [0.25, 0.3) is 5.56 Å². The van der Waals surface area contributed by atoms with Gasteiger partial charge in [0.05, 0.1) is 10.9 Å². The normalized spacial score (nSPS) is 11.1. The van der Waals surface area contributed by atoms with E-state index in [9.17, 15) is 4.79 Å². The molecule has 0 fully saturated rings. The highest BCUT2D eigenvalue weighted by Gasteiger charge is 2.06. The summed E-state index contributed by atoms with van der Waals surface area (Å²) < 4.78 is 1.88. The number of benzene rings is 1. The van der Waals surface area contributed by atoms with Crippen LogP contribution in [0.25, 0.3) is 21.9 Å². The Balaban J connectivity index is 2.55. The van der Waals surface area contributed by atoms with Gasteiger partial charge < -0.3 is 4.57 Å². The highest BCUT2D eigenvalue weighted by molar-refractivity contribution is 5.90. The van der Waals surface area contributed by atoms with Crippen LogP contribution < -0.4 is 5.56 Å². The molecule has 0 spiro atoms. The maximum atomic E-state index is 11.7. The van der Waals surface area contributed by atoms with Crippen LogP contribution in [0.3, 0.4) is 0 Å². The van der Waals surface area contributed by atoms with Crippen LogP contribution in [0.4, 0.5) is 0 Å². The van der Waals surface area contributed by atoms with Gasteiger partial charge in [-0.1, -0.05) is 18.2 Å². The predicted octanol–water partition coefficient (Wildman–Crippen LogP) is 1.96. The van der Waals surface area contributed by atoms with Crippen molar-refractivity contribution in [1.82, 2.24) is 14.5 Å². The van der Waals surface area contributed by atoms with E-state index in [0.29, 0.717) is 11.0 Å². The van der Waals surface area contributed by atoms with Crippen LogP contribution in [0.1, 0.15) is 6.92 Å². The highest BCUT2D eigenvalue weighted by Crippen LogP contribution is 2.16. The number of hydrogen-bond acceptors (Lipinski definition) is 3. The lowest BCUT2D eigenvalue weighted by molar-refractivity contribution is 0.756. The Kier molecular flexibility index (Phi) is 2.14. The van der Waals surface area contributed by atoms with Crippen LogP contribution >= 0.6 is 0 Å². The van der Waals surface area contributed by atoms with Gasteiger partial charge in [0, 0.05) is 11.9 Å². The quantitative estimate of drug-likeness (QED) is 0.595. The van der Waals surface area contributed by atoms with Crippen molar-refractivity contribution >= 4 is 21.9 Å². The standard InChI is InChI=1S/C13H11N3O/c1-2-16-8-14-13(17)10-7-9-5-3-4-6-11(9)15-12(10)16/h3-8H,2H2,1H3. The number of fused-ring (bicyclic) bond motifs is 2. The number of pyridine rings is 1. The predicted molar refractivity (Wildman–Crippen MR) is 67.0 cm³/mol. The van der Waals surface area contributed by atoms with Crippen LogP contribution in [0.15, 0.2) is 41.5 Å². The molecular weight excluding hydrogens is 214 g/mol. The van der Waals surface area contributed by atoms with Gasteiger partial charge in [-0.2, -0.15) is 4.98 Å². The Morgan fingerprint density at radius 3 is 2.94 bits per heavy atom. The minimum absolute atomic E-state index is 0.219. The SMILES string of the molecule is CCn1cnc(=O)c2cc3ccccc3nc21. The Bertz CT molecular complexity index is 761. The lowest BCUT2D eigenvalue weighted by Gasteiger charge is -2.07. The van der Waals surface area contributed by atoms with Crippen molar-refractivity contribution in [2.75, 3.05) is 0 Å². The second-order valence-corrected chi connectivity index (χ2v) is 3.89. The van der Waals surface area contributed by atoms with E-state index in [0.717, 1.165) is 17.4 Å². The smallest absolute Gasteiger partial charge is 0.282 e. The molecule has 0 aliphatic rings. The summed E-state index contributed by atoms with van der Waals surface area (Å²) in [6.45, 7) is 2.75. The van der Waals surface area contributed by atoms with E-state index in [-0.39, 0.29) is 5.56 Å². The fraction of sp³-hybridized carbons (Fsp3) is 0.154. The summed E-state index contributed by atoms with van der Waals surface area (Å²) in [7, 11) is 0. The van der Waals surface area contributed by atoms with Crippen molar-refractivity contribution in [2.45, 2.75) is 13.5 Å². The molecule has 4 heteroatoms. The van der Waals surface area contributed by atoms with Crippen molar-refractivity contribution in [3.05, 3.63) is 47.0 Å². The highest BCUT2D eigenvalue weighted by atomic mass is 16.1. The zero-order valence-electron chi connectivity index (χ0n) is 9.42. The summed E-state index contributed by atoms with van der Waals surface area (Å²) in [6, 6.07) is 9.63. The number of para-hydroxylation sites is 1. The van der Waals surface area contributed by atoms with Gasteiger partial charge in [-0.05, 0) is 19.1 Å². The number of hydrogen-bond donors (Lipinski definition) is 0. The summed E-state index contributed by atoms with van der Waals surface area (Å²) in [5.41, 5.74) is 1.38. The van der Waals surface area contributed by atoms with Crippen molar-refractivity contribution in [1.29, 1.82) is 0 Å². The van der Waals surface area contributed by atoms with Crippen LogP contribution in [0.2, 0.25) is 0 Å². The summed E-state index contributed by atoms with van der Waals surface area (Å²) in [6.07, 6.45) is 1.55. The fourth-order valence-corrected chi connectivity index (χ4v) is 1.96. The molecule has 0 radical (unpaired) electrons. The maximum Gasteiger partial charge on any atom is 0.282 e. The first-order valence-corrected chi connectivity index (χ1v) is 5.54. The third-order valence-corrected chi connectivity index (χ3v) is 2.86. The summed E-state index contributed by atoms with van der Waals surface area (Å²) in [4.78, 5) is 20.1. The first kappa shape index (κ1) is 9.96. The molecular formula is C13H11N3O. The Morgan fingerprint density at radius 1 is 1.29 bits per heavy atom. The van der Waals surface area contributed by atoms with Gasteiger partial charge in [0.1, 0.15) is 12.0 Å². The van der Waals surface area contributed by atoms with E-state index < -0.39 is 0 Å². The van der Waals surface area contributed by atoms with Crippen LogP contribution in [0, 0.1) is 0 Å². The molecule has 1 aromatic carbocycles. The average molecular weight is 225 g/mol. The molecule has 0 bridgehead atoms. The zero-order chi connectivity index (χ0) is 11.8. The average Bonchev–Trinajstić information content (AvgIpc) is 2.38. The lowest BCUT2D eigenvalue weighted by Crippen LogP contribution is -2.13. The van der Waals surface area contributed by atoms with Gasteiger partial charge in [-0.15, -0.1) is 0 Å². The molecule has 2 aromatic heterocycles. The van der Waals surface area contributed by atoms with Gasteiger partial charge >= 0.3 is 0 Å². The van der Waals surface area contributed by atoms with E-state index in [4.69, 9.17) is 0 Å².